The fourth-order valence-electron chi connectivity index (χ4n) is 1.87. The van der Waals surface area contributed by atoms with E-state index in [1.807, 2.05) is 12.1 Å². The lowest BCUT2D eigenvalue weighted by molar-refractivity contribution is -0.117. The minimum Gasteiger partial charge on any atom is -0.287 e. The van der Waals surface area contributed by atoms with Gasteiger partial charge in [-0.15, -0.1) is 11.6 Å². The van der Waals surface area contributed by atoms with Crippen LogP contribution in [0.25, 0.3) is 10.2 Å². The zero-order valence-electron chi connectivity index (χ0n) is 8.69. The summed E-state index contributed by atoms with van der Waals surface area (Å²) >= 11 is 13.5. The molecule has 3 nitrogen and oxygen atoms in total. The zero-order valence-corrected chi connectivity index (χ0v) is 11.0. The van der Waals surface area contributed by atoms with Gasteiger partial charge in [0, 0.05) is 13.0 Å². The van der Waals surface area contributed by atoms with Crippen LogP contribution in [0.15, 0.2) is 18.2 Å². The topological polar surface area (TPSA) is 33.2 Å². The Morgan fingerprint density at radius 1 is 1.47 bits per heavy atom. The molecule has 1 aromatic carbocycles. The van der Waals surface area contributed by atoms with Crippen molar-refractivity contribution in [2.24, 2.45) is 0 Å². The van der Waals surface area contributed by atoms with Crippen LogP contribution in [0.3, 0.4) is 0 Å². The molecule has 2 heterocycles. The summed E-state index contributed by atoms with van der Waals surface area (Å²) < 4.78 is 0.985. The number of hydrogen-bond donors (Lipinski definition) is 0. The van der Waals surface area contributed by atoms with E-state index in [2.05, 4.69) is 4.98 Å². The average molecular weight is 287 g/mol. The highest BCUT2D eigenvalue weighted by Gasteiger charge is 2.31. The van der Waals surface area contributed by atoms with Gasteiger partial charge in [-0.3, -0.25) is 9.69 Å². The average Bonchev–Trinajstić information content (AvgIpc) is 2.82. The van der Waals surface area contributed by atoms with E-state index >= 15 is 0 Å². The van der Waals surface area contributed by atoms with Crippen LogP contribution in [0.5, 0.6) is 0 Å². The highest BCUT2D eigenvalue weighted by molar-refractivity contribution is 7.22. The van der Waals surface area contributed by atoms with Crippen molar-refractivity contribution in [1.82, 2.24) is 4.98 Å². The molecular formula is C11H8Cl2N2OS. The number of thiazole rings is 1. The molecule has 1 amide bonds. The van der Waals surface area contributed by atoms with Gasteiger partial charge in [0.2, 0.25) is 5.91 Å². The summed E-state index contributed by atoms with van der Waals surface area (Å²) in [5.74, 6) is 0.0279. The monoisotopic (exact) mass is 286 g/mol. The molecule has 1 atom stereocenters. The molecule has 1 unspecified atom stereocenters. The zero-order chi connectivity index (χ0) is 12.0. The maximum atomic E-state index is 11.7. The van der Waals surface area contributed by atoms with E-state index in [0.29, 0.717) is 23.1 Å². The van der Waals surface area contributed by atoms with Crippen molar-refractivity contribution < 1.29 is 4.79 Å². The first-order valence-corrected chi connectivity index (χ1v) is 6.78. The van der Waals surface area contributed by atoms with Gasteiger partial charge in [0.1, 0.15) is 5.52 Å². The first-order chi connectivity index (χ1) is 8.15. The second kappa shape index (κ2) is 4.12. The van der Waals surface area contributed by atoms with Crippen molar-refractivity contribution in [2.45, 2.75) is 11.8 Å². The van der Waals surface area contributed by atoms with E-state index in [4.69, 9.17) is 23.2 Å². The van der Waals surface area contributed by atoms with Gasteiger partial charge in [0.15, 0.2) is 5.13 Å². The number of benzene rings is 1. The highest BCUT2D eigenvalue weighted by Crippen LogP contribution is 2.34. The largest absolute Gasteiger partial charge is 0.287 e. The fraction of sp³-hybridized carbons (Fsp3) is 0.273. The number of amides is 1. The van der Waals surface area contributed by atoms with Crippen LogP contribution >= 0.6 is 34.5 Å². The number of alkyl halides is 1. The predicted octanol–water partition coefficient (Wildman–Crippen LogP) is 3.29. The first-order valence-electron chi connectivity index (χ1n) is 5.14. The van der Waals surface area contributed by atoms with E-state index in [1.165, 1.54) is 11.3 Å². The Labute approximate surface area is 112 Å². The van der Waals surface area contributed by atoms with Crippen LogP contribution in [-0.4, -0.2) is 22.8 Å². The fourth-order valence-corrected chi connectivity index (χ4v) is 3.43. The lowest BCUT2D eigenvalue weighted by atomic mass is 10.3. The van der Waals surface area contributed by atoms with E-state index < -0.39 is 0 Å². The van der Waals surface area contributed by atoms with Crippen LogP contribution in [0, 0.1) is 0 Å². The van der Waals surface area contributed by atoms with Crippen LogP contribution in [0.1, 0.15) is 6.42 Å². The molecule has 17 heavy (non-hydrogen) atoms. The third-order valence-electron chi connectivity index (χ3n) is 2.67. The van der Waals surface area contributed by atoms with E-state index in [-0.39, 0.29) is 11.3 Å². The second-order valence-electron chi connectivity index (χ2n) is 3.89. The number of hydrogen-bond acceptors (Lipinski definition) is 3. The van der Waals surface area contributed by atoms with Crippen molar-refractivity contribution in [2.75, 3.05) is 11.4 Å². The Bertz CT molecular complexity index is 598. The van der Waals surface area contributed by atoms with Crippen molar-refractivity contribution in [3.8, 4) is 0 Å². The summed E-state index contributed by atoms with van der Waals surface area (Å²) in [4.78, 5) is 17.8. The second-order valence-corrected chi connectivity index (χ2v) is 5.92. The third kappa shape index (κ3) is 1.90. The Hall–Kier alpha value is -0.840. The molecule has 2 aromatic rings. The van der Waals surface area contributed by atoms with E-state index in [9.17, 15) is 4.79 Å². The lowest BCUT2D eigenvalue weighted by Crippen LogP contribution is -2.24. The maximum Gasteiger partial charge on any atom is 0.230 e. The minimum atomic E-state index is -0.120. The number of aromatic nitrogens is 1. The molecule has 6 heteroatoms. The van der Waals surface area contributed by atoms with Gasteiger partial charge < -0.3 is 0 Å². The molecule has 0 radical (unpaired) electrons. The number of rotatable bonds is 1. The van der Waals surface area contributed by atoms with Gasteiger partial charge in [-0.1, -0.05) is 29.0 Å². The number of para-hydroxylation sites is 1. The molecule has 0 spiro atoms. The number of fused-ring (bicyclic) bond motifs is 1. The Morgan fingerprint density at radius 2 is 2.29 bits per heavy atom. The third-order valence-corrected chi connectivity index (χ3v) is 4.31. The molecular weight excluding hydrogens is 279 g/mol. The van der Waals surface area contributed by atoms with E-state index in [1.54, 1.807) is 11.0 Å². The smallest absolute Gasteiger partial charge is 0.230 e. The van der Waals surface area contributed by atoms with Gasteiger partial charge in [0.25, 0.3) is 0 Å². The Balaban J connectivity index is 2.07. The molecule has 3 rings (SSSR count). The van der Waals surface area contributed by atoms with Crippen molar-refractivity contribution >= 4 is 55.8 Å². The number of carbonyl (C=O) groups is 1. The SMILES string of the molecule is O=C1CC(Cl)CN1c1nc2c(Cl)cccc2s1. The summed E-state index contributed by atoms with van der Waals surface area (Å²) in [5.41, 5.74) is 0.750. The van der Waals surface area contributed by atoms with Gasteiger partial charge in [-0.05, 0) is 12.1 Å². The number of carbonyl (C=O) groups excluding carboxylic acids is 1. The Morgan fingerprint density at radius 3 is 2.94 bits per heavy atom. The summed E-state index contributed by atoms with van der Waals surface area (Å²) in [7, 11) is 0. The Kier molecular flexibility index (Phi) is 2.73. The van der Waals surface area contributed by atoms with Crippen molar-refractivity contribution in [1.29, 1.82) is 0 Å². The molecule has 1 aromatic heterocycles. The molecule has 0 aliphatic carbocycles. The van der Waals surface area contributed by atoms with E-state index in [0.717, 1.165) is 10.2 Å². The lowest BCUT2D eigenvalue weighted by Gasteiger charge is -2.10. The summed E-state index contributed by atoms with van der Waals surface area (Å²) in [5, 5.41) is 1.17. The molecule has 0 saturated carbocycles. The molecule has 1 fully saturated rings. The van der Waals surface area contributed by atoms with Gasteiger partial charge >= 0.3 is 0 Å². The highest BCUT2D eigenvalue weighted by atomic mass is 35.5. The van der Waals surface area contributed by atoms with Crippen molar-refractivity contribution in [3.05, 3.63) is 23.2 Å². The number of anilines is 1. The first kappa shape index (κ1) is 11.3. The number of nitrogens with zero attached hydrogens (tertiary/aromatic N) is 2. The molecule has 1 aliphatic heterocycles. The molecule has 88 valence electrons. The summed E-state index contributed by atoms with van der Waals surface area (Å²) in [6.45, 7) is 0.526. The van der Waals surface area contributed by atoms with Gasteiger partial charge in [-0.25, -0.2) is 4.98 Å². The van der Waals surface area contributed by atoms with Crippen molar-refractivity contribution in [3.63, 3.8) is 0 Å². The quantitative estimate of drug-likeness (QED) is 0.754. The predicted molar refractivity (Wildman–Crippen MR) is 71.2 cm³/mol. The molecule has 0 N–H and O–H groups in total. The van der Waals surface area contributed by atoms with Gasteiger partial charge in [0.05, 0.1) is 15.1 Å². The van der Waals surface area contributed by atoms with Crippen LogP contribution < -0.4 is 4.90 Å². The van der Waals surface area contributed by atoms with Crippen LogP contribution in [0.4, 0.5) is 5.13 Å². The number of halogens is 2. The minimum absolute atomic E-state index is 0.0279. The normalized spacial score (nSPS) is 20.5. The molecule has 0 bridgehead atoms. The van der Waals surface area contributed by atoms with Gasteiger partial charge in [-0.2, -0.15) is 0 Å². The molecule has 1 saturated heterocycles. The summed E-state index contributed by atoms with van der Waals surface area (Å²) in [6.07, 6.45) is 0.380. The molecule has 1 aliphatic rings. The van der Waals surface area contributed by atoms with Crippen LogP contribution in [-0.2, 0) is 4.79 Å². The summed E-state index contributed by atoms with van der Waals surface area (Å²) in [6, 6.07) is 5.62. The standard InChI is InChI=1S/C11H8Cl2N2OS/c12-6-4-9(16)15(5-6)11-14-10-7(13)2-1-3-8(10)17-11/h1-3,6H,4-5H2. The maximum absolute atomic E-state index is 11.7. The van der Waals surface area contributed by atoms with Crippen LogP contribution in [0.2, 0.25) is 5.02 Å².